The minimum Gasteiger partial charge on any atom is -0.507 e. The number of hydrogen-bond donors (Lipinski definition) is 1. The van der Waals surface area contributed by atoms with Crippen LogP contribution in [-0.4, -0.2) is 25.3 Å². The maximum atomic E-state index is 13.3. The minimum atomic E-state index is -1.15. The van der Waals surface area contributed by atoms with Gasteiger partial charge in [-0.25, -0.2) is 4.79 Å². The molecule has 0 fully saturated rings. The van der Waals surface area contributed by atoms with Gasteiger partial charge in [0, 0.05) is 11.5 Å². The SMILES string of the molecule is COC(=O)CC(c1c(O)c2ccccc2oc1=O)c1coc2ccc(OC)cc2c1=O. The molecule has 0 spiro atoms. The lowest BCUT2D eigenvalue weighted by atomic mass is 9.88. The van der Waals surface area contributed by atoms with E-state index in [-0.39, 0.29) is 39.7 Å². The monoisotopic (exact) mass is 422 g/mol. The van der Waals surface area contributed by atoms with E-state index in [0.29, 0.717) is 11.3 Å². The summed E-state index contributed by atoms with van der Waals surface area (Å²) in [5.41, 5.74) is -1.07. The van der Waals surface area contributed by atoms with E-state index >= 15 is 0 Å². The Balaban J connectivity index is 2.00. The highest BCUT2D eigenvalue weighted by atomic mass is 16.5. The third-order valence-corrected chi connectivity index (χ3v) is 5.15. The Hall–Kier alpha value is -4.07. The van der Waals surface area contributed by atoms with Crippen molar-refractivity contribution in [3.8, 4) is 11.5 Å². The smallest absolute Gasteiger partial charge is 0.343 e. The Morgan fingerprint density at radius 3 is 2.58 bits per heavy atom. The Kier molecular flexibility index (Phi) is 5.21. The van der Waals surface area contributed by atoms with E-state index in [0.717, 1.165) is 0 Å². The minimum absolute atomic E-state index is 0.00374. The number of methoxy groups -OCH3 is 2. The fourth-order valence-corrected chi connectivity index (χ4v) is 3.57. The van der Waals surface area contributed by atoms with Gasteiger partial charge in [-0.2, -0.15) is 0 Å². The van der Waals surface area contributed by atoms with Gasteiger partial charge < -0.3 is 23.4 Å². The number of rotatable bonds is 5. The third kappa shape index (κ3) is 3.52. The van der Waals surface area contributed by atoms with Crippen molar-refractivity contribution < 1.29 is 28.2 Å². The van der Waals surface area contributed by atoms with Gasteiger partial charge in [-0.05, 0) is 30.3 Å². The molecule has 158 valence electrons. The molecule has 31 heavy (non-hydrogen) atoms. The molecule has 2 aromatic carbocycles. The van der Waals surface area contributed by atoms with E-state index in [9.17, 15) is 19.5 Å². The highest BCUT2D eigenvalue weighted by Crippen LogP contribution is 2.36. The zero-order valence-corrected chi connectivity index (χ0v) is 16.7. The zero-order chi connectivity index (χ0) is 22.1. The van der Waals surface area contributed by atoms with E-state index in [1.807, 2.05) is 0 Å². The topological polar surface area (TPSA) is 116 Å². The molecule has 0 aliphatic heterocycles. The van der Waals surface area contributed by atoms with Crippen molar-refractivity contribution in [3.63, 3.8) is 0 Å². The molecule has 1 N–H and O–H groups in total. The Morgan fingerprint density at radius 2 is 1.84 bits per heavy atom. The van der Waals surface area contributed by atoms with E-state index in [1.54, 1.807) is 30.3 Å². The average molecular weight is 422 g/mol. The van der Waals surface area contributed by atoms with Gasteiger partial charge in [0.2, 0.25) is 0 Å². The standard InChI is InChI=1S/C23H18O8/c1-28-12-7-8-17-15(9-12)21(25)16(11-30-17)14(10-19(24)29-2)20-22(26)13-5-3-4-6-18(13)31-23(20)27/h3-9,11,14,26H,10H2,1-2H3. The zero-order valence-electron chi connectivity index (χ0n) is 16.7. The number of fused-ring (bicyclic) bond motifs is 2. The van der Waals surface area contributed by atoms with Gasteiger partial charge in [-0.15, -0.1) is 0 Å². The number of para-hydroxylation sites is 1. The Morgan fingerprint density at radius 1 is 1.06 bits per heavy atom. The van der Waals surface area contributed by atoms with Gasteiger partial charge in [-0.1, -0.05) is 12.1 Å². The van der Waals surface area contributed by atoms with Crippen molar-refractivity contribution in [1.82, 2.24) is 0 Å². The van der Waals surface area contributed by atoms with E-state index in [2.05, 4.69) is 0 Å². The fraction of sp³-hybridized carbons (Fsp3) is 0.174. The van der Waals surface area contributed by atoms with Crippen LogP contribution in [0, 0.1) is 0 Å². The number of hydrogen-bond acceptors (Lipinski definition) is 8. The summed E-state index contributed by atoms with van der Waals surface area (Å²) in [6.45, 7) is 0. The lowest BCUT2D eigenvalue weighted by Crippen LogP contribution is -2.23. The molecule has 0 bridgehead atoms. The number of ether oxygens (including phenoxy) is 2. The van der Waals surface area contributed by atoms with Gasteiger partial charge in [0.25, 0.3) is 0 Å². The van der Waals surface area contributed by atoms with Crippen LogP contribution in [0.3, 0.4) is 0 Å². The molecule has 0 aliphatic rings. The Bertz CT molecular complexity index is 1410. The number of esters is 1. The summed E-state index contributed by atoms with van der Waals surface area (Å²) in [7, 11) is 2.65. The van der Waals surface area contributed by atoms with Gasteiger partial charge in [0.05, 0.1) is 43.2 Å². The second kappa shape index (κ2) is 7.98. The fourth-order valence-electron chi connectivity index (χ4n) is 3.57. The van der Waals surface area contributed by atoms with Crippen LogP contribution in [0.2, 0.25) is 0 Å². The van der Waals surface area contributed by atoms with E-state index in [1.165, 1.54) is 32.6 Å². The average Bonchev–Trinajstić information content (AvgIpc) is 2.78. The molecule has 0 radical (unpaired) electrons. The van der Waals surface area contributed by atoms with Crippen molar-refractivity contribution in [2.75, 3.05) is 14.2 Å². The van der Waals surface area contributed by atoms with Crippen molar-refractivity contribution in [3.05, 3.63) is 80.5 Å². The number of carbonyl (C=O) groups is 1. The Labute approximate surface area is 175 Å². The molecular formula is C23H18O8. The lowest BCUT2D eigenvalue weighted by Gasteiger charge is -2.17. The van der Waals surface area contributed by atoms with Crippen LogP contribution in [0.15, 0.2) is 67.2 Å². The predicted octanol–water partition coefficient (Wildman–Crippen LogP) is 3.31. The van der Waals surface area contributed by atoms with Gasteiger partial charge in [0.15, 0.2) is 5.43 Å². The second-order valence-electron chi connectivity index (χ2n) is 6.86. The van der Waals surface area contributed by atoms with Crippen molar-refractivity contribution in [1.29, 1.82) is 0 Å². The normalized spacial score (nSPS) is 12.1. The van der Waals surface area contributed by atoms with Gasteiger partial charge in [0.1, 0.15) is 22.7 Å². The van der Waals surface area contributed by atoms with Crippen molar-refractivity contribution in [2.45, 2.75) is 12.3 Å². The number of aromatic hydroxyl groups is 1. The maximum absolute atomic E-state index is 13.3. The molecule has 0 amide bonds. The van der Waals surface area contributed by atoms with Crippen LogP contribution in [0.1, 0.15) is 23.5 Å². The summed E-state index contributed by atoms with van der Waals surface area (Å²) < 4.78 is 20.8. The summed E-state index contributed by atoms with van der Waals surface area (Å²) in [5.74, 6) is -1.76. The largest absolute Gasteiger partial charge is 0.507 e. The van der Waals surface area contributed by atoms with Crippen molar-refractivity contribution >= 4 is 27.9 Å². The van der Waals surface area contributed by atoms with Crippen molar-refractivity contribution in [2.24, 2.45) is 0 Å². The first kappa shape index (κ1) is 20.2. The quantitative estimate of drug-likeness (QED) is 0.385. The molecule has 0 saturated heterocycles. The van der Waals surface area contributed by atoms with E-state index in [4.69, 9.17) is 18.3 Å². The second-order valence-corrected chi connectivity index (χ2v) is 6.86. The highest BCUT2D eigenvalue weighted by Gasteiger charge is 2.30. The highest BCUT2D eigenvalue weighted by molar-refractivity contribution is 5.85. The first-order chi connectivity index (χ1) is 14.9. The first-order valence-electron chi connectivity index (χ1n) is 9.35. The molecule has 2 heterocycles. The molecule has 1 atom stereocenters. The molecule has 2 aromatic heterocycles. The molecule has 4 rings (SSSR count). The van der Waals surface area contributed by atoms with E-state index < -0.39 is 22.9 Å². The lowest BCUT2D eigenvalue weighted by molar-refractivity contribution is -0.140. The molecule has 1 unspecified atom stereocenters. The summed E-state index contributed by atoms with van der Waals surface area (Å²) in [5, 5.41) is 11.4. The third-order valence-electron chi connectivity index (χ3n) is 5.15. The molecular weight excluding hydrogens is 404 g/mol. The molecule has 8 nitrogen and oxygen atoms in total. The van der Waals surface area contributed by atoms with Crippen LogP contribution in [0.25, 0.3) is 21.9 Å². The molecule has 4 aromatic rings. The maximum Gasteiger partial charge on any atom is 0.343 e. The van der Waals surface area contributed by atoms with Crippen LogP contribution in [0.4, 0.5) is 0 Å². The molecule has 8 heteroatoms. The van der Waals surface area contributed by atoms with Gasteiger partial charge >= 0.3 is 11.6 Å². The first-order valence-corrected chi connectivity index (χ1v) is 9.35. The van der Waals surface area contributed by atoms with Crippen LogP contribution >= 0.6 is 0 Å². The summed E-state index contributed by atoms with van der Waals surface area (Å²) in [4.78, 5) is 38.2. The van der Waals surface area contributed by atoms with Gasteiger partial charge in [-0.3, -0.25) is 9.59 Å². The summed E-state index contributed by atoms with van der Waals surface area (Å²) in [6, 6.07) is 11.1. The van der Waals surface area contributed by atoms with Crippen LogP contribution in [0.5, 0.6) is 11.5 Å². The van der Waals surface area contributed by atoms with Crippen LogP contribution in [-0.2, 0) is 9.53 Å². The molecule has 0 aliphatic carbocycles. The number of carbonyl (C=O) groups excluding carboxylic acids is 1. The summed E-state index contributed by atoms with van der Waals surface area (Å²) >= 11 is 0. The van der Waals surface area contributed by atoms with Crippen LogP contribution < -0.4 is 15.8 Å². The molecule has 0 saturated carbocycles. The summed E-state index contributed by atoms with van der Waals surface area (Å²) in [6.07, 6.45) is 0.798. The number of benzene rings is 2. The predicted molar refractivity (Wildman–Crippen MR) is 112 cm³/mol.